The van der Waals surface area contributed by atoms with Crippen LogP contribution in [0.15, 0.2) is 53.4 Å². The normalized spacial score (nSPS) is 19.8. The summed E-state index contributed by atoms with van der Waals surface area (Å²) >= 11 is 1.65. The van der Waals surface area contributed by atoms with Crippen LogP contribution in [0.3, 0.4) is 0 Å². The highest BCUT2D eigenvalue weighted by Gasteiger charge is 2.27. The maximum absolute atomic E-state index is 13.0. The molecule has 0 aromatic heterocycles. The molecule has 5 heteroatoms. The largest absolute Gasteiger partial charge is 0.372 e. The summed E-state index contributed by atoms with van der Waals surface area (Å²) in [5, 5.41) is 8.89. The molecule has 2 aromatic carbocycles. The lowest BCUT2D eigenvalue weighted by atomic mass is 10.1. The van der Waals surface area contributed by atoms with Crippen LogP contribution in [-0.4, -0.2) is 36.1 Å². The average molecular weight is 366 g/mol. The summed E-state index contributed by atoms with van der Waals surface area (Å²) in [6.45, 7) is 5.25. The fraction of sp³-hybridized carbons (Fsp3) is 0.333. The van der Waals surface area contributed by atoms with E-state index in [1.807, 2.05) is 67.3 Å². The molecule has 1 saturated heterocycles. The Balaban J connectivity index is 1.73. The van der Waals surface area contributed by atoms with Gasteiger partial charge in [-0.3, -0.25) is 4.79 Å². The second kappa shape index (κ2) is 8.39. The fourth-order valence-electron chi connectivity index (χ4n) is 3.12. The van der Waals surface area contributed by atoms with Gasteiger partial charge >= 0.3 is 0 Å². The molecule has 1 heterocycles. The van der Waals surface area contributed by atoms with Gasteiger partial charge in [0.1, 0.15) is 0 Å². The molecule has 0 radical (unpaired) electrons. The lowest BCUT2D eigenvalue weighted by Crippen LogP contribution is -2.48. The number of rotatable bonds is 4. The van der Waals surface area contributed by atoms with Gasteiger partial charge in [-0.05, 0) is 43.7 Å². The van der Waals surface area contributed by atoms with Gasteiger partial charge in [0.15, 0.2) is 0 Å². The number of hydrogen-bond donors (Lipinski definition) is 0. The molecule has 0 N–H and O–H groups in total. The molecule has 26 heavy (non-hydrogen) atoms. The summed E-state index contributed by atoms with van der Waals surface area (Å²) in [6.07, 6.45) is 0.113. The van der Waals surface area contributed by atoms with E-state index >= 15 is 0 Å². The van der Waals surface area contributed by atoms with Crippen LogP contribution < -0.4 is 0 Å². The Morgan fingerprint density at radius 2 is 1.81 bits per heavy atom. The molecule has 1 amide bonds. The molecule has 4 nitrogen and oxygen atoms in total. The topological polar surface area (TPSA) is 53.3 Å². The summed E-state index contributed by atoms with van der Waals surface area (Å²) in [6, 6.07) is 17.5. The van der Waals surface area contributed by atoms with Crippen molar-refractivity contribution in [1.29, 1.82) is 5.26 Å². The van der Waals surface area contributed by atoms with Crippen LogP contribution >= 0.6 is 11.8 Å². The van der Waals surface area contributed by atoms with E-state index in [4.69, 9.17) is 10.00 Å². The van der Waals surface area contributed by atoms with Crippen molar-refractivity contribution in [1.82, 2.24) is 4.90 Å². The molecule has 0 spiro atoms. The smallest absolute Gasteiger partial charge is 0.255 e. The number of thioether (sulfide) groups is 1. The summed E-state index contributed by atoms with van der Waals surface area (Å²) in [4.78, 5) is 15.9. The van der Waals surface area contributed by atoms with Gasteiger partial charge in [0.05, 0.1) is 29.4 Å². The third-order valence-electron chi connectivity index (χ3n) is 4.30. The van der Waals surface area contributed by atoms with Crippen molar-refractivity contribution in [2.75, 3.05) is 13.1 Å². The third-order valence-corrected chi connectivity index (χ3v) is 5.45. The predicted octanol–water partition coefficient (Wildman–Crippen LogP) is 4.10. The molecule has 0 bridgehead atoms. The highest BCUT2D eigenvalue weighted by Crippen LogP contribution is 2.28. The number of amides is 1. The van der Waals surface area contributed by atoms with Gasteiger partial charge in [-0.15, -0.1) is 11.8 Å². The minimum absolute atomic E-state index is 0.0566. The maximum Gasteiger partial charge on any atom is 0.255 e. The Hall–Kier alpha value is -2.29. The van der Waals surface area contributed by atoms with E-state index in [0.29, 0.717) is 18.7 Å². The van der Waals surface area contributed by atoms with E-state index in [0.717, 1.165) is 21.8 Å². The molecule has 1 aliphatic rings. The summed E-state index contributed by atoms with van der Waals surface area (Å²) in [7, 11) is 0. The highest BCUT2D eigenvalue weighted by atomic mass is 32.2. The lowest BCUT2D eigenvalue weighted by molar-refractivity contribution is -0.0586. The number of benzene rings is 2. The highest BCUT2D eigenvalue weighted by molar-refractivity contribution is 7.98. The van der Waals surface area contributed by atoms with E-state index in [9.17, 15) is 4.79 Å². The minimum atomic E-state index is 0.0566. The number of nitrogens with zero attached hydrogens (tertiary/aromatic N) is 2. The average Bonchev–Trinajstić information content (AvgIpc) is 2.65. The second-order valence-electron chi connectivity index (χ2n) is 6.56. The summed E-state index contributed by atoms with van der Waals surface area (Å²) in [5.41, 5.74) is 2.53. The zero-order valence-electron chi connectivity index (χ0n) is 15.0. The number of carbonyl (C=O) groups excluding carboxylic acids is 1. The van der Waals surface area contributed by atoms with Crippen molar-refractivity contribution >= 4 is 17.7 Å². The zero-order valence-corrected chi connectivity index (χ0v) is 15.8. The molecule has 0 aliphatic carbocycles. The molecular weight excluding hydrogens is 344 g/mol. The van der Waals surface area contributed by atoms with Crippen molar-refractivity contribution in [3.63, 3.8) is 0 Å². The Kier molecular flexibility index (Phi) is 5.97. The lowest BCUT2D eigenvalue weighted by Gasteiger charge is -2.35. The summed E-state index contributed by atoms with van der Waals surface area (Å²) in [5.74, 6) is 0.821. The first-order chi connectivity index (χ1) is 12.6. The second-order valence-corrected chi connectivity index (χ2v) is 7.58. The van der Waals surface area contributed by atoms with Crippen molar-refractivity contribution in [3.8, 4) is 6.07 Å². The monoisotopic (exact) mass is 366 g/mol. The first kappa shape index (κ1) is 18.5. The molecule has 134 valence electrons. The first-order valence-electron chi connectivity index (χ1n) is 8.72. The van der Waals surface area contributed by atoms with Gasteiger partial charge in [0, 0.05) is 23.7 Å². The molecule has 2 unspecified atom stereocenters. The Bertz CT molecular complexity index is 804. The van der Waals surface area contributed by atoms with Crippen molar-refractivity contribution in [3.05, 3.63) is 65.2 Å². The molecule has 2 aromatic rings. The van der Waals surface area contributed by atoms with Gasteiger partial charge in [0.25, 0.3) is 5.91 Å². The number of nitriles is 1. The van der Waals surface area contributed by atoms with Crippen LogP contribution in [0.4, 0.5) is 0 Å². The molecule has 1 aliphatic heterocycles. The Morgan fingerprint density at radius 1 is 1.15 bits per heavy atom. The number of carbonyl (C=O) groups is 1. The number of ether oxygens (including phenoxy) is 1. The zero-order chi connectivity index (χ0) is 18.5. The molecule has 1 fully saturated rings. The van der Waals surface area contributed by atoms with E-state index in [1.54, 1.807) is 11.8 Å². The maximum atomic E-state index is 13.0. The Morgan fingerprint density at radius 3 is 2.46 bits per heavy atom. The van der Waals surface area contributed by atoms with Crippen LogP contribution in [0.2, 0.25) is 0 Å². The van der Waals surface area contributed by atoms with Crippen LogP contribution in [0, 0.1) is 11.3 Å². The summed E-state index contributed by atoms with van der Waals surface area (Å²) < 4.78 is 5.73. The Labute approximate surface area is 158 Å². The quantitative estimate of drug-likeness (QED) is 0.765. The van der Waals surface area contributed by atoms with E-state index < -0.39 is 0 Å². The molecule has 0 saturated carbocycles. The predicted molar refractivity (Wildman–Crippen MR) is 103 cm³/mol. The minimum Gasteiger partial charge on any atom is -0.372 e. The SMILES string of the molecule is CC1CN(C(=O)c2ccccc2SCc2ccc(C#N)cc2)CC(C)O1. The molecule has 2 atom stereocenters. The van der Waals surface area contributed by atoms with Gasteiger partial charge in [-0.1, -0.05) is 24.3 Å². The first-order valence-corrected chi connectivity index (χ1v) is 9.71. The van der Waals surface area contributed by atoms with Crippen LogP contribution in [-0.2, 0) is 10.5 Å². The van der Waals surface area contributed by atoms with Crippen LogP contribution in [0.1, 0.15) is 35.3 Å². The van der Waals surface area contributed by atoms with Crippen LogP contribution in [0.25, 0.3) is 0 Å². The van der Waals surface area contributed by atoms with E-state index in [1.165, 1.54) is 0 Å². The molecule has 3 rings (SSSR count). The number of morpholine rings is 1. The molecular formula is C21H22N2O2S. The van der Waals surface area contributed by atoms with Crippen molar-refractivity contribution < 1.29 is 9.53 Å². The fourth-order valence-corrected chi connectivity index (χ4v) is 4.12. The van der Waals surface area contributed by atoms with Gasteiger partial charge in [0.2, 0.25) is 0 Å². The van der Waals surface area contributed by atoms with Gasteiger partial charge in [-0.25, -0.2) is 0 Å². The third kappa shape index (κ3) is 4.46. The van der Waals surface area contributed by atoms with Crippen molar-refractivity contribution in [2.24, 2.45) is 0 Å². The van der Waals surface area contributed by atoms with Gasteiger partial charge < -0.3 is 9.64 Å². The van der Waals surface area contributed by atoms with Crippen molar-refractivity contribution in [2.45, 2.75) is 36.7 Å². The van der Waals surface area contributed by atoms with E-state index in [-0.39, 0.29) is 18.1 Å². The van der Waals surface area contributed by atoms with Gasteiger partial charge in [-0.2, -0.15) is 5.26 Å². The standard InChI is InChI=1S/C21H22N2O2S/c1-15-12-23(13-16(2)25-15)21(24)19-5-3-4-6-20(19)26-14-18-9-7-17(11-22)8-10-18/h3-10,15-16H,12-14H2,1-2H3. The van der Waals surface area contributed by atoms with E-state index in [2.05, 4.69) is 6.07 Å². The number of hydrogen-bond acceptors (Lipinski definition) is 4. The van der Waals surface area contributed by atoms with Crippen LogP contribution in [0.5, 0.6) is 0 Å².